The minimum Gasteiger partial charge on any atom is -0.491 e. The van der Waals surface area contributed by atoms with E-state index in [1.807, 2.05) is 53.9 Å². The van der Waals surface area contributed by atoms with Crippen LogP contribution in [0, 0.1) is 0 Å². The highest BCUT2D eigenvalue weighted by molar-refractivity contribution is 7.13. The van der Waals surface area contributed by atoms with E-state index in [0.717, 1.165) is 30.0 Å². The topological polar surface area (TPSA) is 60.5 Å². The standard InChI is InChI=1S/C22H21ClN2O3S/c23-20-9-2-1-8-19(20)22-25-16(14-29-22)12-21(26)24-15-5-3-6-17(11-15)28-13-18-7-4-10-27-18/h1-3,5-6,8-9,11,14,18H,4,7,10,12-13H2,(H,24,26)/t18-/m1/s1. The van der Waals surface area contributed by atoms with Crippen LogP contribution in [0.2, 0.25) is 5.02 Å². The number of ether oxygens (including phenoxy) is 2. The van der Waals surface area contributed by atoms with Gasteiger partial charge in [-0.05, 0) is 31.0 Å². The Kier molecular flexibility index (Phi) is 6.44. The Morgan fingerprint density at radius 2 is 2.17 bits per heavy atom. The van der Waals surface area contributed by atoms with E-state index in [9.17, 15) is 4.79 Å². The third-order valence-electron chi connectivity index (χ3n) is 4.58. The van der Waals surface area contributed by atoms with Crippen molar-refractivity contribution < 1.29 is 14.3 Å². The second kappa shape index (κ2) is 9.39. The van der Waals surface area contributed by atoms with E-state index < -0.39 is 0 Å². The Morgan fingerprint density at radius 1 is 1.28 bits per heavy atom. The van der Waals surface area contributed by atoms with Gasteiger partial charge in [-0.2, -0.15) is 0 Å². The molecule has 1 N–H and O–H groups in total. The number of thiazole rings is 1. The molecule has 1 amide bonds. The molecule has 1 aromatic heterocycles. The number of anilines is 1. The average molecular weight is 429 g/mol. The number of carbonyl (C=O) groups excluding carboxylic acids is 1. The van der Waals surface area contributed by atoms with Gasteiger partial charge in [0.1, 0.15) is 17.4 Å². The van der Waals surface area contributed by atoms with E-state index in [0.29, 0.717) is 28.8 Å². The summed E-state index contributed by atoms with van der Waals surface area (Å²) in [7, 11) is 0. The zero-order chi connectivity index (χ0) is 20.1. The van der Waals surface area contributed by atoms with Crippen LogP contribution >= 0.6 is 22.9 Å². The van der Waals surface area contributed by atoms with Crippen LogP contribution in [-0.2, 0) is 16.0 Å². The minimum atomic E-state index is -0.128. The maximum absolute atomic E-state index is 12.4. The number of nitrogens with one attached hydrogen (secondary N) is 1. The van der Waals surface area contributed by atoms with Crippen molar-refractivity contribution >= 4 is 34.5 Å². The van der Waals surface area contributed by atoms with E-state index in [1.54, 1.807) is 0 Å². The second-order valence-corrected chi connectivity index (χ2v) is 8.09. The molecule has 3 aromatic rings. The number of hydrogen-bond donors (Lipinski definition) is 1. The molecule has 1 saturated heterocycles. The van der Waals surface area contributed by atoms with E-state index in [2.05, 4.69) is 10.3 Å². The first-order valence-corrected chi connectivity index (χ1v) is 10.8. The van der Waals surface area contributed by atoms with E-state index in [-0.39, 0.29) is 18.4 Å². The smallest absolute Gasteiger partial charge is 0.230 e. The Labute approximate surface area is 178 Å². The summed E-state index contributed by atoms with van der Waals surface area (Å²) in [5.74, 6) is 0.588. The number of aromatic nitrogens is 1. The highest BCUT2D eigenvalue weighted by Gasteiger charge is 2.16. The lowest BCUT2D eigenvalue weighted by Gasteiger charge is -2.12. The summed E-state index contributed by atoms with van der Waals surface area (Å²) >= 11 is 7.71. The summed E-state index contributed by atoms with van der Waals surface area (Å²) in [5.41, 5.74) is 2.29. The maximum atomic E-state index is 12.4. The highest BCUT2D eigenvalue weighted by atomic mass is 35.5. The molecule has 4 rings (SSSR count). The van der Waals surface area contributed by atoms with Gasteiger partial charge in [-0.25, -0.2) is 4.98 Å². The van der Waals surface area contributed by atoms with Crippen LogP contribution in [0.5, 0.6) is 5.75 Å². The molecule has 0 unspecified atom stereocenters. The molecule has 29 heavy (non-hydrogen) atoms. The van der Waals surface area contributed by atoms with Crippen LogP contribution < -0.4 is 10.1 Å². The fraction of sp³-hybridized carbons (Fsp3) is 0.273. The molecule has 1 aliphatic heterocycles. The Hall–Kier alpha value is -2.41. The first-order chi connectivity index (χ1) is 14.2. The van der Waals surface area contributed by atoms with Gasteiger partial charge < -0.3 is 14.8 Å². The van der Waals surface area contributed by atoms with Crippen molar-refractivity contribution in [1.82, 2.24) is 4.98 Å². The quantitative estimate of drug-likeness (QED) is 0.561. The molecule has 1 aliphatic rings. The van der Waals surface area contributed by atoms with Crippen LogP contribution in [0.15, 0.2) is 53.9 Å². The van der Waals surface area contributed by atoms with Crippen molar-refractivity contribution in [3.63, 3.8) is 0 Å². The normalized spacial score (nSPS) is 16.0. The minimum absolute atomic E-state index is 0.128. The predicted molar refractivity (Wildman–Crippen MR) is 116 cm³/mol. The zero-order valence-corrected chi connectivity index (χ0v) is 17.3. The molecule has 0 spiro atoms. The number of benzene rings is 2. The molecule has 0 saturated carbocycles. The van der Waals surface area contributed by atoms with Gasteiger partial charge in [-0.15, -0.1) is 11.3 Å². The molecule has 1 atom stereocenters. The van der Waals surface area contributed by atoms with Crippen molar-refractivity contribution in [1.29, 1.82) is 0 Å². The molecule has 0 radical (unpaired) electrons. The van der Waals surface area contributed by atoms with Crippen molar-refractivity contribution in [2.24, 2.45) is 0 Å². The van der Waals surface area contributed by atoms with Gasteiger partial charge in [0, 0.05) is 29.3 Å². The highest BCUT2D eigenvalue weighted by Crippen LogP contribution is 2.30. The van der Waals surface area contributed by atoms with Crippen LogP contribution in [0.4, 0.5) is 5.69 Å². The lowest BCUT2D eigenvalue weighted by atomic mass is 10.2. The van der Waals surface area contributed by atoms with E-state index >= 15 is 0 Å². The molecule has 2 heterocycles. The Bertz CT molecular complexity index is 985. The monoisotopic (exact) mass is 428 g/mol. The summed E-state index contributed by atoms with van der Waals surface area (Å²) < 4.78 is 11.4. The number of carbonyl (C=O) groups is 1. The average Bonchev–Trinajstić information content (AvgIpc) is 3.39. The van der Waals surface area contributed by atoms with Gasteiger partial charge in [0.05, 0.1) is 23.2 Å². The van der Waals surface area contributed by atoms with Gasteiger partial charge in [0.15, 0.2) is 0 Å². The lowest BCUT2D eigenvalue weighted by molar-refractivity contribution is -0.115. The summed E-state index contributed by atoms with van der Waals surface area (Å²) in [6.45, 7) is 1.33. The fourth-order valence-electron chi connectivity index (χ4n) is 3.14. The summed E-state index contributed by atoms with van der Waals surface area (Å²) in [6, 6.07) is 15.0. The van der Waals surface area contributed by atoms with Gasteiger partial charge in [0.25, 0.3) is 0 Å². The van der Waals surface area contributed by atoms with E-state index in [4.69, 9.17) is 21.1 Å². The fourth-order valence-corrected chi connectivity index (χ4v) is 4.28. The lowest BCUT2D eigenvalue weighted by Crippen LogP contribution is -2.17. The largest absolute Gasteiger partial charge is 0.491 e. The van der Waals surface area contributed by atoms with Gasteiger partial charge >= 0.3 is 0 Å². The second-order valence-electron chi connectivity index (χ2n) is 6.82. The number of rotatable bonds is 7. The number of amides is 1. The predicted octanol–water partition coefficient (Wildman–Crippen LogP) is 5.20. The van der Waals surface area contributed by atoms with Crippen molar-refractivity contribution in [3.8, 4) is 16.3 Å². The van der Waals surface area contributed by atoms with Crippen molar-refractivity contribution in [2.75, 3.05) is 18.5 Å². The van der Waals surface area contributed by atoms with Crippen LogP contribution in [0.25, 0.3) is 10.6 Å². The third-order valence-corrected chi connectivity index (χ3v) is 5.83. The summed E-state index contributed by atoms with van der Waals surface area (Å²) in [4.78, 5) is 17.0. The molecule has 150 valence electrons. The van der Waals surface area contributed by atoms with Crippen molar-refractivity contribution in [3.05, 3.63) is 64.6 Å². The number of halogens is 1. The molecule has 7 heteroatoms. The zero-order valence-electron chi connectivity index (χ0n) is 15.8. The number of hydrogen-bond acceptors (Lipinski definition) is 5. The first-order valence-electron chi connectivity index (χ1n) is 9.51. The van der Waals surface area contributed by atoms with Crippen LogP contribution in [0.3, 0.4) is 0 Å². The SMILES string of the molecule is O=C(Cc1csc(-c2ccccc2Cl)n1)Nc1cccc(OC[C@H]2CCCO2)c1. The van der Waals surface area contributed by atoms with Gasteiger partial charge in [0.2, 0.25) is 5.91 Å². The molecule has 0 aliphatic carbocycles. The molecule has 2 aromatic carbocycles. The van der Waals surface area contributed by atoms with Gasteiger partial charge in [-0.3, -0.25) is 4.79 Å². The Balaban J connectivity index is 1.34. The number of nitrogens with zero attached hydrogens (tertiary/aromatic N) is 1. The van der Waals surface area contributed by atoms with Crippen molar-refractivity contribution in [2.45, 2.75) is 25.4 Å². The third kappa shape index (κ3) is 5.35. The molecular formula is C22H21ClN2O3S. The maximum Gasteiger partial charge on any atom is 0.230 e. The molecule has 1 fully saturated rings. The Morgan fingerprint density at radius 3 is 3.00 bits per heavy atom. The first kappa shape index (κ1) is 19.9. The van der Waals surface area contributed by atoms with Gasteiger partial charge in [-0.1, -0.05) is 35.9 Å². The van der Waals surface area contributed by atoms with Crippen LogP contribution in [0.1, 0.15) is 18.5 Å². The summed E-state index contributed by atoms with van der Waals surface area (Å²) in [5, 5.41) is 6.25. The summed E-state index contributed by atoms with van der Waals surface area (Å²) in [6.07, 6.45) is 2.46. The molecule has 5 nitrogen and oxygen atoms in total. The van der Waals surface area contributed by atoms with E-state index in [1.165, 1.54) is 11.3 Å². The molecular weight excluding hydrogens is 408 g/mol. The van der Waals surface area contributed by atoms with Crippen LogP contribution in [-0.4, -0.2) is 30.2 Å². The molecule has 0 bridgehead atoms.